The Bertz CT molecular complexity index is 1130. The van der Waals surface area contributed by atoms with E-state index in [4.69, 9.17) is 0 Å². The summed E-state index contributed by atoms with van der Waals surface area (Å²) in [5.74, 6) is -0.275. The summed E-state index contributed by atoms with van der Waals surface area (Å²) in [6.45, 7) is 3.65. The number of amides is 1. The van der Waals surface area contributed by atoms with E-state index < -0.39 is 10.0 Å². The van der Waals surface area contributed by atoms with Crippen LogP contribution in [0.15, 0.2) is 76.1 Å². The minimum absolute atomic E-state index is 0.188. The summed E-state index contributed by atoms with van der Waals surface area (Å²) in [4.78, 5) is 12.7. The number of halogens is 1. The first kappa shape index (κ1) is 20.1. The quantitative estimate of drug-likeness (QED) is 0.556. The number of aryl methyl sites for hydroxylation is 2. The van der Waals surface area contributed by atoms with E-state index in [1.165, 1.54) is 0 Å². The first-order chi connectivity index (χ1) is 13.3. The number of hydrogen-bond donors (Lipinski definition) is 2. The summed E-state index contributed by atoms with van der Waals surface area (Å²) in [6.07, 6.45) is 0. The zero-order valence-corrected chi connectivity index (χ0v) is 17.8. The molecule has 0 heterocycles. The number of carbonyl (C=O) groups excluding carboxylic acids is 1. The van der Waals surface area contributed by atoms with E-state index in [2.05, 4.69) is 26.0 Å². The van der Waals surface area contributed by atoms with Crippen LogP contribution < -0.4 is 10.0 Å². The van der Waals surface area contributed by atoms with E-state index in [9.17, 15) is 13.2 Å². The molecule has 3 aromatic carbocycles. The number of benzene rings is 3. The second-order valence-corrected chi connectivity index (χ2v) is 8.92. The molecule has 3 rings (SSSR count). The smallest absolute Gasteiger partial charge is 0.261 e. The Hall–Kier alpha value is -2.64. The van der Waals surface area contributed by atoms with Gasteiger partial charge >= 0.3 is 0 Å². The molecule has 0 unspecified atom stereocenters. The van der Waals surface area contributed by atoms with E-state index >= 15 is 0 Å². The Morgan fingerprint density at radius 3 is 2.21 bits per heavy atom. The van der Waals surface area contributed by atoms with Gasteiger partial charge in [-0.25, -0.2) is 8.42 Å². The fraction of sp³-hybridized carbons (Fsp3) is 0.0952. The van der Waals surface area contributed by atoms with Gasteiger partial charge in [-0.15, -0.1) is 0 Å². The Kier molecular flexibility index (Phi) is 5.86. The molecular weight excluding hydrogens is 440 g/mol. The standard InChI is InChI=1S/C21H19BrN2O3S/c1-14-7-10-17(11-8-14)28(26,27)24-19-12-9-16(13-15(19)2)21(25)23-20-6-4-3-5-18(20)22/h3-13,24H,1-2H3,(H,23,25). The number of rotatable bonds is 5. The SMILES string of the molecule is Cc1ccc(S(=O)(=O)Nc2ccc(C(=O)Nc3ccccc3Br)cc2C)cc1. The van der Waals surface area contributed by atoms with E-state index in [1.54, 1.807) is 55.5 Å². The highest BCUT2D eigenvalue weighted by atomic mass is 79.9. The lowest BCUT2D eigenvalue weighted by atomic mass is 10.1. The normalized spacial score (nSPS) is 11.1. The molecule has 0 bridgehead atoms. The Labute approximate surface area is 173 Å². The number of sulfonamides is 1. The number of hydrogen-bond acceptors (Lipinski definition) is 3. The zero-order chi connectivity index (χ0) is 20.3. The summed E-state index contributed by atoms with van der Waals surface area (Å²) in [5, 5.41) is 2.83. The lowest BCUT2D eigenvalue weighted by Gasteiger charge is -2.13. The van der Waals surface area contributed by atoms with E-state index in [1.807, 2.05) is 25.1 Å². The largest absolute Gasteiger partial charge is 0.321 e. The van der Waals surface area contributed by atoms with Crippen molar-refractivity contribution in [3.05, 3.63) is 87.9 Å². The third-order valence-electron chi connectivity index (χ3n) is 4.19. The van der Waals surface area contributed by atoms with Crippen molar-refractivity contribution in [1.82, 2.24) is 0 Å². The summed E-state index contributed by atoms with van der Waals surface area (Å²) < 4.78 is 28.5. The van der Waals surface area contributed by atoms with Crippen molar-refractivity contribution in [2.45, 2.75) is 18.7 Å². The number of para-hydroxylation sites is 1. The summed E-state index contributed by atoms with van der Waals surface area (Å²) in [7, 11) is -3.70. The molecule has 0 radical (unpaired) electrons. The second-order valence-electron chi connectivity index (χ2n) is 6.38. The fourth-order valence-corrected chi connectivity index (χ4v) is 4.11. The predicted octanol–water partition coefficient (Wildman–Crippen LogP) is 5.12. The molecule has 0 saturated heterocycles. The van der Waals surface area contributed by atoms with Crippen LogP contribution in [-0.2, 0) is 10.0 Å². The van der Waals surface area contributed by atoms with Crippen LogP contribution in [0.2, 0.25) is 0 Å². The number of anilines is 2. The van der Waals surface area contributed by atoms with Gasteiger partial charge in [-0.3, -0.25) is 9.52 Å². The molecular formula is C21H19BrN2O3S. The molecule has 7 heteroatoms. The molecule has 5 nitrogen and oxygen atoms in total. The van der Waals surface area contributed by atoms with Crippen molar-refractivity contribution >= 4 is 43.2 Å². The van der Waals surface area contributed by atoms with Crippen LogP contribution in [0.1, 0.15) is 21.5 Å². The van der Waals surface area contributed by atoms with Crippen molar-refractivity contribution in [1.29, 1.82) is 0 Å². The maximum absolute atomic E-state index is 12.6. The molecule has 0 aromatic heterocycles. The van der Waals surface area contributed by atoms with Gasteiger partial charge in [0.25, 0.3) is 15.9 Å². The highest BCUT2D eigenvalue weighted by Crippen LogP contribution is 2.24. The summed E-state index contributed by atoms with van der Waals surface area (Å²) in [5.41, 5.74) is 3.16. The minimum atomic E-state index is -3.70. The lowest BCUT2D eigenvalue weighted by molar-refractivity contribution is 0.102. The van der Waals surface area contributed by atoms with Gasteiger partial charge < -0.3 is 5.32 Å². The third-order valence-corrected chi connectivity index (χ3v) is 6.26. The zero-order valence-electron chi connectivity index (χ0n) is 15.4. The Balaban J connectivity index is 1.79. The van der Waals surface area contributed by atoms with Crippen LogP contribution >= 0.6 is 15.9 Å². The lowest BCUT2D eigenvalue weighted by Crippen LogP contribution is -2.15. The van der Waals surface area contributed by atoms with E-state index in [0.717, 1.165) is 10.0 Å². The average Bonchev–Trinajstić information content (AvgIpc) is 2.65. The second kappa shape index (κ2) is 8.16. The number of carbonyl (C=O) groups is 1. The van der Waals surface area contributed by atoms with Crippen molar-refractivity contribution in [2.75, 3.05) is 10.0 Å². The van der Waals surface area contributed by atoms with E-state index in [0.29, 0.717) is 22.5 Å². The molecule has 0 aliphatic rings. The van der Waals surface area contributed by atoms with Gasteiger partial charge in [-0.2, -0.15) is 0 Å². The predicted molar refractivity (Wildman–Crippen MR) is 115 cm³/mol. The van der Waals surface area contributed by atoms with Gasteiger partial charge in [-0.05, 0) is 77.8 Å². The summed E-state index contributed by atoms with van der Waals surface area (Å²) in [6, 6.07) is 18.8. The van der Waals surface area contributed by atoms with Crippen LogP contribution in [0.3, 0.4) is 0 Å². The molecule has 0 aliphatic heterocycles. The molecule has 0 spiro atoms. The highest BCUT2D eigenvalue weighted by Gasteiger charge is 2.16. The molecule has 2 N–H and O–H groups in total. The highest BCUT2D eigenvalue weighted by molar-refractivity contribution is 9.10. The van der Waals surface area contributed by atoms with Crippen LogP contribution in [-0.4, -0.2) is 14.3 Å². The first-order valence-corrected chi connectivity index (χ1v) is 10.8. The average molecular weight is 459 g/mol. The van der Waals surface area contributed by atoms with Crippen molar-refractivity contribution in [2.24, 2.45) is 0 Å². The van der Waals surface area contributed by atoms with E-state index in [-0.39, 0.29) is 10.8 Å². The molecule has 144 valence electrons. The maximum atomic E-state index is 12.6. The molecule has 1 amide bonds. The molecule has 0 fully saturated rings. The Morgan fingerprint density at radius 2 is 1.57 bits per heavy atom. The van der Waals surface area contributed by atoms with Crippen LogP contribution in [0.5, 0.6) is 0 Å². The van der Waals surface area contributed by atoms with Crippen molar-refractivity contribution in [3.8, 4) is 0 Å². The first-order valence-electron chi connectivity index (χ1n) is 8.52. The van der Waals surface area contributed by atoms with Crippen LogP contribution in [0.25, 0.3) is 0 Å². The summed E-state index contributed by atoms with van der Waals surface area (Å²) >= 11 is 3.39. The number of nitrogens with one attached hydrogen (secondary N) is 2. The van der Waals surface area contributed by atoms with Crippen molar-refractivity contribution in [3.63, 3.8) is 0 Å². The van der Waals surface area contributed by atoms with Gasteiger partial charge in [0.2, 0.25) is 0 Å². The topological polar surface area (TPSA) is 75.3 Å². The van der Waals surface area contributed by atoms with Gasteiger partial charge in [0, 0.05) is 10.0 Å². The molecule has 3 aromatic rings. The van der Waals surface area contributed by atoms with Gasteiger partial charge in [0.1, 0.15) is 0 Å². The Morgan fingerprint density at radius 1 is 0.893 bits per heavy atom. The monoisotopic (exact) mass is 458 g/mol. The molecule has 28 heavy (non-hydrogen) atoms. The third kappa shape index (κ3) is 4.61. The van der Waals surface area contributed by atoms with Crippen molar-refractivity contribution < 1.29 is 13.2 Å². The minimum Gasteiger partial charge on any atom is -0.321 e. The molecule has 0 aliphatic carbocycles. The van der Waals surface area contributed by atoms with Gasteiger partial charge in [0.05, 0.1) is 16.3 Å². The maximum Gasteiger partial charge on any atom is 0.261 e. The van der Waals surface area contributed by atoms with Crippen LogP contribution in [0.4, 0.5) is 11.4 Å². The molecule has 0 atom stereocenters. The molecule has 0 saturated carbocycles. The van der Waals surface area contributed by atoms with Gasteiger partial charge in [-0.1, -0.05) is 29.8 Å². The fourth-order valence-electron chi connectivity index (χ4n) is 2.60. The van der Waals surface area contributed by atoms with Crippen LogP contribution in [0, 0.1) is 13.8 Å². The van der Waals surface area contributed by atoms with Gasteiger partial charge in [0.15, 0.2) is 0 Å².